The van der Waals surface area contributed by atoms with Crippen molar-refractivity contribution in [2.24, 2.45) is 0 Å². The molecule has 5 rings (SSSR count). The second kappa shape index (κ2) is 8.51. The Hall–Kier alpha value is -3.99. The molecule has 0 fully saturated rings. The molecule has 1 amide bonds. The largest absolute Gasteiger partial charge is 0.341 e. The van der Waals surface area contributed by atoms with E-state index in [1.165, 1.54) is 0 Å². The van der Waals surface area contributed by atoms with E-state index in [1.807, 2.05) is 97.4 Å². The molecule has 0 spiro atoms. The first-order chi connectivity index (χ1) is 16.0. The van der Waals surface area contributed by atoms with Crippen LogP contribution in [0.2, 0.25) is 0 Å². The normalized spacial score (nSPS) is 17.5. The number of para-hydroxylation sites is 1. The van der Waals surface area contributed by atoms with E-state index in [-0.39, 0.29) is 24.0 Å². The number of nitrogens with zero attached hydrogens (tertiary/aromatic N) is 2. The number of hydrogen-bond donors (Lipinski definition) is 1. The van der Waals surface area contributed by atoms with Gasteiger partial charge in [-0.05, 0) is 43.7 Å². The first kappa shape index (κ1) is 20.9. The van der Waals surface area contributed by atoms with Gasteiger partial charge >= 0.3 is 0 Å². The van der Waals surface area contributed by atoms with Crippen LogP contribution in [0.1, 0.15) is 44.4 Å². The van der Waals surface area contributed by atoms with Crippen molar-refractivity contribution >= 4 is 11.7 Å². The van der Waals surface area contributed by atoms with E-state index in [0.29, 0.717) is 5.56 Å². The second-order valence-corrected chi connectivity index (χ2v) is 8.55. The van der Waals surface area contributed by atoms with E-state index >= 15 is 0 Å². The van der Waals surface area contributed by atoms with Crippen LogP contribution in [0.4, 0.5) is 0 Å². The molecule has 5 heteroatoms. The molecule has 1 heterocycles. The fraction of sp³-hybridized carbons (Fsp3) is 0.179. The van der Waals surface area contributed by atoms with E-state index < -0.39 is 6.04 Å². The van der Waals surface area contributed by atoms with Gasteiger partial charge in [0.25, 0.3) is 5.91 Å². The van der Waals surface area contributed by atoms with Gasteiger partial charge in [0, 0.05) is 17.0 Å². The van der Waals surface area contributed by atoms with Crippen LogP contribution in [0.3, 0.4) is 0 Å². The van der Waals surface area contributed by atoms with Crippen LogP contribution in [-0.4, -0.2) is 27.5 Å². The lowest BCUT2D eigenvalue weighted by Gasteiger charge is -2.32. The number of benzene rings is 3. The maximum Gasteiger partial charge on any atom is 0.251 e. The molecule has 0 unspecified atom stereocenters. The zero-order chi connectivity index (χ0) is 22.9. The van der Waals surface area contributed by atoms with Gasteiger partial charge in [0.2, 0.25) is 0 Å². The van der Waals surface area contributed by atoms with Crippen molar-refractivity contribution < 1.29 is 9.59 Å². The van der Waals surface area contributed by atoms with Crippen LogP contribution in [0.15, 0.2) is 84.9 Å². The molecule has 3 aromatic carbocycles. The molecule has 0 aliphatic heterocycles. The number of amides is 1. The summed E-state index contributed by atoms with van der Waals surface area (Å²) in [5.41, 5.74) is 6.22. The van der Waals surface area contributed by atoms with Crippen molar-refractivity contribution in [3.63, 3.8) is 0 Å². The number of nitrogens with one attached hydrogen (secondary N) is 1. The van der Waals surface area contributed by atoms with E-state index in [9.17, 15) is 9.59 Å². The minimum atomic E-state index is -0.667. The molecule has 1 aliphatic rings. The van der Waals surface area contributed by atoms with Gasteiger partial charge < -0.3 is 5.32 Å². The van der Waals surface area contributed by atoms with Gasteiger partial charge in [0.05, 0.1) is 29.5 Å². The first-order valence-electron chi connectivity index (χ1n) is 11.1. The third-order valence-corrected chi connectivity index (χ3v) is 6.27. The average Bonchev–Trinajstić information content (AvgIpc) is 3.16. The Labute approximate surface area is 193 Å². The minimum absolute atomic E-state index is 0.0190. The van der Waals surface area contributed by atoms with E-state index in [0.717, 1.165) is 33.8 Å². The van der Waals surface area contributed by atoms with Crippen molar-refractivity contribution in [2.75, 3.05) is 0 Å². The summed E-state index contributed by atoms with van der Waals surface area (Å²) in [6.45, 7) is 3.92. The number of hydrogen-bond acceptors (Lipinski definition) is 3. The van der Waals surface area contributed by atoms with Gasteiger partial charge in [-0.3, -0.25) is 9.59 Å². The minimum Gasteiger partial charge on any atom is -0.341 e. The standard InChI is InChI=1S/C28H25N3O2/c1-18-10-9-13-21(16-18)28(33)29-27-24(32)17-23-25(26(27)20-11-5-3-6-12-20)19(2)30-31(23)22-14-7-4-8-15-22/h3-16,26-27H,17H2,1-2H3,(H,29,33)/t26-,27+/m0/s1. The molecule has 1 N–H and O–H groups in total. The Morgan fingerprint density at radius 1 is 0.939 bits per heavy atom. The number of ketones is 1. The summed E-state index contributed by atoms with van der Waals surface area (Å²) in [6, 6.07) is 26.5. The molecule has 0 radical (unpaired) electrons. The first-order valence-corrected chi connectivity index (χ1v) is 11.1. The number of fused-ring (bicyclic) bond motifs is 1. The monoisotopic (exact) mass is 435 g/mol. The quantitative estimate of drug-likeness (QED) is 0.512. The number of Topliss-reactive ketones (excluding diaryl/α,β-unsaturated/α-hetero) is 1. The Balaban J connectivity index is 1.61. The second-order valence-electron chi connectivity index (χ2n) is 8.55. The van der Waals surface area contributed by atoms with Crippen molar-refractivity contribution in [3.05, 3.63) is 119 Å². The van der Waals surface area contributed by atoms with Crippen molar-refractivity contribution in [1.82, 2.24) is 15.1 Å². The fourth-order valence-electron chi connectivity index (χ4n) is 4.77. The third-order valence-electron chi connectivity index (χ3n) is 6.27. The van der Waals surface area contributed by atoms with Crippen LogP contribution in [-0.2, 0) is 11.2 Å². The van der Waals surface area contributed by atoms with E-state index in [4.69, 9.17) is 5.10 Å². The molecule has 2 atom stereocenters. The lowest BCUT2D eigenvalue weighted by molar-refractivity contribution is -0.121. The third kappa shape index (κ3) is 3.87. The number of aromatic nitrogens is 2. The number of rotatable bonds is 4. The fourth-order valence-corrected chi connectivity index (χ4v) is 4.77. The van der Waals surface area contributed by atoms with Gasteiger partial charge in [0.15, 0.2) is 5.78 Å². The SMILES string of the molecule is Cc1cccc(C(=O)N[C@@H]2C(=O)Cc3c(c(C)nn3-c3ccccc3)[C@@H]2c2ccccc2)c1. The maximum atomic E-state index is 13.5. The zero-order valence-electron chi connectivity index (χ0n) is 18.7. The number of carbonyl (C=O) groups excluding carboxylic acids is 2. The van der Waals surface area contributed by atoms with E-state index in [2.05, 4.69) is 5.32 Å². The molecule has 4 aromatic rings. The van der Waals surface area contributed by atoms with Crippen molar-refractivity contribution in [2.45, 2.75) is 32.2 Å². The van der Waals surface area contributed by atoms with Gasteiger partial charge in [-0.25, -0.2) is 4.68 Å². The molecule has 5 nitrogen and oxygen atoms in total. The van der Waals surface area contributed by atoms with Crippen LogP contribution in [0, 0.1) is 13.8 Å². The Bertz CT molecular complexity index is 1330. The lowest BCUT2D eigenvalue weighted by Crippen LogP contribution is -2.48. The Kier molecular flexibility index (Phi) is 5.38. The summed E-state index contributed by atoms with van der Waals surface area (Å²) >= 11 is 0. The molecule has 1 aromatic heterocycles. The summed E-state index contributed by atoms with van der Waals surface area (Å²) in [6.07, 6.45) is 0.215. The highest BCUT2D eigenvalue weighted by molar-refractivity contribution is 6.00. The smallest absolute Gasteiger partial charge is 0.251 e. The Morgan fingerprint density at radius 3 is 2.33 bits per heavy atom. The van der Waals surface area contributed by atoms with E-state index in [1.54, 1.807) is 6.07 Å². The topological polar surface area (TPSA) is 64.0 Å². The van der Waals surface area contributed by atoms with Crippen LogP contribution in [0.5, 0.6) is 0 Å². The van der Waals surface area contributed by atoms with Crippen LogP contribution >= 0.6 is 0 Å². The average molecular weight is 436 g/mol. The van der Waals surface area contributed by atoms with Gasteiger partial charge in [0.1, 0.15) is 0 Å². The molecular formula is C28H25N3O2. The molecule has 0 saturated carbocycles. The summed E-state index contributed by atoms with van der Waals surface area (Å²) < 4.78 is 1.87. The molecule has 0 bridgehead atoms. The van der Waals surface area contributed by atoms with Gasteiger partial charge in [-0.2, -0.15) is 5.10 Å². The molecular weight excluding hydrogens is 410 g/mol. The maximum absolute atomic E-state index is 13.5. The molecule has 0 saturated heterocycles. The summed E-state index contributed by atoms with van der Waals surface area (Å²) in [4.78, 5) is 26.6. The van der Waals surface area contributed by atoms with Crippen molar-refractivity contribution in [3.8, 4) is 5.69 Å². The highest BCUT2D eigenvalue weighted by atomic mass is 16.2. The van der Waals surface area contributed by atoms with Crippen LogP contribution < -0.4 is 5.32 Å². The summed E-state index contributed by atoms with van der Waals surface area (Å²) in [5.74, 6) is -0.572. The summed E-state index contributed by atoms with van der Waals surface area (Å²) in [7, 11) is 0. The van der Waals surface area contributed by atoms with Crippen molar-refractivity contribution in [1.29, 1.82) is 0 Å². The number of aryl methyl sites for hydroxylation is 2. The van der Waals surface area contributed by atoms with Crippen LogP contribution in [0.25, 0.3) is 5.69 Å². The predicted molar refractivity (Wildman–Crippen MR) is 128 cm³/mol. The Morgan fingerprint density at radius 2 is 1.64 bits per heavy atom. The number of carbonyl (C=O) groups is 2. The molecule has 1 aliphatic carbocycles. The van der Waals surface area contributed by atoms with Gasteiger partial charge in [-0.1, -0.05) is 66.2 Å². The molecule has 33 heavy (non-hydrogen) atoms. The molecule has 164 valence electrons. The summed E-state index contributed by atoms with van der Waals surface area (Å²) in [5, 5.41) is 7.86. The highest BCUT2D eigenvalue weighted by Gasteiger charge is 2.41. The highest BCUT2D eigenvalue weighted by Crippen LogP contribution is 2.38. The zero-order valence-corrected chi connectivity index (χ0v) is 18.7. The lowest BCUT2D eigenvalue weighted by atomic mass is 9.76. The van der Waals surface area contributed by atoms with Gasteiger partial charge in [-0.15, -0.1) is 0 Å². The predicted octanol–water partition coefficient (Wildman–Crippen LogP) is 4.54.